The number of aliphatic hydroxyl groups excluding tert-OH is 1. The molecule has 0 fully saturated rings. The van der Waals surface area contributed by atoms with Crippen LogP contribution in [0, 0.1) is 0 Å². The smallest absolute Gasteiger partial charge is 0.407 e. The number of aliphatic hydroxyl groups is 1. The van der Waals surface area contributed by atoms with Gasteiger partial charge in [-0.3, -0.25) is 4.79 Å². The molecule has 8 heteroatoms. The summed E-state index contributed by atoms with van der Waals surface area (Å²) in [6.45, 7) is 1.61. The molecule has 0 aliphatic rings. The lowest BCUT2D eigenvalue weighted by molar-refractivity contribution is -0.132. The number of carbonyl (C=O) groups excluding carboxylic acids is 2. The van der Waals surface area contributed by atoms with E-state index in [-0.39, 0.29) is 13.0 Å². The van der Waals surface area contributed by atoms with Crippen molar-refractivity contribution in [2.45, 2.75) is 44.9 Å². The normalized spacial score (nSPS) is 13.7. The third-order valence-corrected chi connectivity index (χ3v) is 3.34. The maximum Gasteiger partial charge on any atom is 0.407 e. The first kappa shape index (κ1) is 19.8. The molecule has 0 heterocycles. The highest BCUT2D eigenvalue weighted by atomic mass is 19.3. The van der Waals surface area contributed by atoms with Crippen molar-refractivity contribution >= 4 is 12.0 Å². The highest BCUT2D eigenvalue weighted by Gasteiger charge is 2.43. The van der Waals surface area contributed by atoms with E-state index in [1.807, 2.05) is 11.4 Å². The molecular weight excluding hydrogens is 322 g/mol. The van der Waals surface area contributed by atoms with Crippen LogP contribution in [0.15, 0.2) is 30.3 Å². The first-order valence-corrected chi connectivity index (χ1v) is 7.53. The zero-order valence-corrected chi connectivity index (χ0v) is 13.6. The van der Waals surface area contributed by atoms with Crippen LogP contribution in [0.3, 0.4) is 0 Å². The molecule has 24 heavy (non-hydrogen) atoms. The van der Waals surface area contributed by atoms with Crippen LogP contribution in [0.1, 0.15) is 25.8 Å². The Morgan fingerprint density at radius 1 is 1.29 bits per heavy atom. The van der Waals surface area contributed by atoms with Gasteiger partial charge < -0.3 is 20.5 Å². The Hall–Kier alpha value is -2.22. The highest BCUT2D eigenvalue weighted by Crippen LogP contribution is 2.22. The number of alkyl carbamates (subject to hydrolysis) is 1. The number of halogens is 2. The number of carbonyl (C=O) groups is 2. The van der Waals surface area contributed by atoms with Crippen molar-refractivity contribution < 1.29 is 28.2 Å². The maximum atomic E-state index is 13.9. The lowest BCUT2D eigenvalue weighted by Gasteiger charge is -2.29. The van der Waals surface area contributed by atoms with Crippen LogP contribution in [0.5, 0.6) is 0 Å². The second-order valence-corrected chi connectivity index (χ2v) is 5.34. The molecule has 0 saturated carbocycles. The van der Waals surface area contributed by atoms with Crippen LogP contribution in [-0.4, -0.2) is 41.7 Å². The van der Waals surface area contributed by atoms with Gasteiger partial charge in [0.1, 0.15) is 12.7 Å². The maximum absolute atomic E-state index is 13.9. The van der Waals surface area contributed by atoms with Crippen LogP contribution < -0.4 is 10.6 Å². The molecule has 2 unspecified atom stereocenters. The van der Waals surface area contributed by atoms with Gasteiger partial charge in [0, 0.05) is 6.92 Å². The first-order chi connectivity index (χ1) is 11.3. The minimum atomic E-state index is -3.58. The van der Waals surface area contributed by atoms with Gasteiger partial charge >= 0.3 is 6.09 Å². The fourth-order valence-electron chi connectivity index (χ4n) is 1.96. The second kappa shape index (κ2) is 9.17. The average molecular weight is 344 g/mol. The summed E-state index contributed by atoms with van der Waals surface area (Å²) in [5.41, 5.74) is 0.747. The highest BCUT2D eigenvalue weighted by molar-refractivity contribution is 5.72. The molecular formula is C16H22F2N2O4. The van der Waals surface area contributed by atoms with Crippen molar-refractivity contribution in [3.8, 4) is 0 Å². The number of rotatable bonds is 8. The molecule has 1 aromatic carbocycles. The van der Waals surface area contributed by atoms with Crippen LogP contribution in [0.2, 0.25) is 0 Å². The molecule has 3 N–H and O–H groups in total. The number of benzene rings is 1. The molecule has 0 bridgehead atoms. The lowest BCUT2D eigenvalue weighted by Crippen LogP contribution is -2.55. The quantitative estimate of drug-likeness (QED) is 0.671. The van der Waals surface area contributed by atoms with Gasteiger partial charge in [-0.1, -0.05) is 37.3 Å². The predicted molar refractivity (Wildman–Crippen MR) is 83.5 cm³/mol. The summed E-state index contributed by atoms with van der Waals surface area (Å²) >= 11 is 0. The number of hydrogen-bond donors (Lipinski definition) is 3. The molecule has 0 aliphatic heterocycles. The molecule has 2 amide bonds. The van der Waals surface area contributed by atoms with E-state index >= 15 is 0 Å². The molecule has 2 atom stereocenters. The molecule has 0 aliphatic carbocycles. The summed E-state index contributed by atoms with van der Waals surface area (Å²) < 4.78 is 32.7. The minimum Gasteiger partial charge on any atom is -0.445 e. The summed E-state index contributed by atoms with van der Waals surface area (Å²) in [7, 11) is 0. The largest absolute Gasteiger partial charge is 0.445 e. The van der Waals surface area contributed by atoms with Crippen LogP contribution in [0.25, 0.3) is 0 Å². The van der Waals surface area contributed by atoms with Crippen molar-refractivity contribution in [2.24, 2.45) is 0 Å². The standard InChI is InChI=1S/C16H22F2N2O4/c1-3-13(14(22)16(17,18)10-19-11(2)21)20-15(23)24-9-12-7-5-4-6-8-12/h4-8,13-14,22H,3,9-10H2,1-2H3,(H,19,21)(H,20,23). The Morgan fingerprint density at radius 2 is 1.92 bits per heavy atom. The number of nitrogens with one attached hydrogen (secondary N) is 2. The van der Waals surface area contributed by atoms with E-state index in [0.29, 0.717) is 0 Å². The van der Waals surface area contributed by atoms with E-state index in [1.165, 1.54) is 0 Å². The van der Waals surface area contributed by atoms with Crippen molar-refractivity contribution in [1.29, 1.82) is 0 Å². The van der Waals surface area contributed by atoms with Crippen molar-refractivity contribution in [3.63, 3.8) is 0 Å². The predicted octanol–water partition coefficient (Wildman–Crippen LogP) is 1.82. The first-order valence-electron chi connectivity index (χ1n) is 7.53. The van der Waals surface area contributed by atoms with E-state index in [2.05, 4.69) is 5.32 Å². The van der Waals surface area contributed by atoms with E-state index in [0.717, 1.165) is 12.5 Å². The summed E-state index contributed by atoms with van der Waals surface area (Å²) in [6, 6.07) is 7.65. The molecule has 0 spiro atoms. The Balaban J connectivity index is 2.55. The van der Waals surface area contributed by atoms with E-state index in [9.17, 15) is 23.5 Å². The van der Waals surface area contributed by atoms with Crippen molar-refractivity contribution in [1.82, 2.24) is 10.6 Å². The fraction of sp³-hybridized carbons (Fsp3) is 0.500. The minimum absolute atomic E-state index is 0.0124. The molecule has 0 aromatic heterocycles. The van der Waals surface area contributed by atoms with Gasteiger partial charge in [-0.25, -0.2) is 13.6 Å². The Morgan fingerprint density at radius 3 is 2.46 bits per heavy atom. The van der Waals surface area contributed by atoms with Crippen molar-refractivity contribution in [2.75, 3.05) is 6.54 Å². The topological polar surface area (TPSA) is 87.7 Å². The van der Waals surface area contributed by atoms with Gasteiger partial charge in [0.25, 0.3) is 5.92 Å². The van der Waals surface area contributed by atoms with E-state index in [1.54, 1.807) is 31.2 Å². The van der Waals surface area contributed by atoms with E-state index < -0.39 is 36.6 Å². The third-order valence-electron chi connectivity index (χ3n) is 3.34. The third kappa shape index (κ3) is 6.49. The molecule has 0 radical (unpaired) electrons. The number of amides is 2. The monoisotopic (exact) mass is 344 g/mol. The van der Waals surface area contributed by atoms with Gasteiger partial charge in [-0.2, -0.15) is 0 Å². The molecule has 0 saturated heterocycles. The van der Waals surface area contributed by atoms with Crippen LogP contribution in [0.4, 0.5) is 13.6 Å². The zero-order valence-electron chi connectivity index (χ0n) is 13.6. The Kier molecular flexibility index (Phi) is 7.57. The summed E-state index contributed by atoms with van der Waals surface area (Å²) in [5.74, 6) is -4.22. The Bertz CT molecular complexity index is 540. The molecule has 1 aromatic rings. The lowest BCUT2D eigenvalue weighted by atomic mass is 10.0. The summed E-state index contributed by atoms with van der Waals surface area (Å²) in [5, 5.41) is 14.0. The van der Waals surface area contributed by atoms with Gasteiger partial charge in [-0.15, -0.1) is 0 Å². The summed E-state index contributed by atoms with van der Waals surface area (Å²) in [6.07, 6.45) is -2.99. The number of hydrogen-bond acceptors (Lipinski definition) is 4. The average Bonchev–Trinajstić information content (AvgIpc) is 2.56. The molecule has 134 valence electrons. The number of ether oxygens (including phenoxy) is 1. The molecule has 1 rings (SSSR count). The van der Waals surface area contributed by atoms with Gasteiger partial charge in [0.15, 0.2) is 0 Å². The van der Waals surface area contributed by atoms with Crippen LogP contribution in [-0.2, 0) is 16.1 Å². The van der Waals surface area contributed by atoms with E-state index in [4.69, 9.17) is 4.74 Å². The zero-order chi connectivity index (χ0) is 18.2. The van der Waals surface area contributed by atoms with Gasteiger partial charge in [-0.05, 0) is 12.0 Å². The van der Waals surface area contributed by atoms with Crippen LogP contribution >= 0.6 is 0 Å². The second-order valence-electron chi connectivity index (χ2n) is 5.34. The van der Waals surface area contributed by atoms with Gasteiger partial charge in [0.05, 0.1) is 12.6 Å². The van der Waals surface area contributed by atoms with Gasteiger partial charge in [0.2, 0.25) is 5.91 Å². The molecule has 6 nitrogen and oxygen atoms in total. The SMILES string of the molecule is CCC(NC(=O)OCc1ccccc1)C(O)C(F)(F)CNC(C)=O. The summed E-state index contributed by atoms with van der Waals surface area (Å²) in [4.78, 5) is 22.5. The Labute approximate surface area is 139 Å². The number of alkyl halides is 2. The van der Waals surface area contributed by atoms with Crippen molar-refractivity contribution in [3.05, 3.63) is 35.9 Å². The fourth-order valence-corrected chi connectivity index (χ4v) is 1.96.